The van der Waals surface area contributed by atoms with Crippen molar-refractivity contribution in [3.8, 4) is 17.2 Å². The second-order valence-corrected chi connectivity index (χ2v) is 7.42. The number of ether oxygens (including phenoxy) is 5. The predicted octanol–water partition coefficient (Wildman–Crippen LogP) is 3.53. The topological polar surface area (TPSA) is 83.5 Å². The van der Waals surface area contributed by atoms with Crippen molar-refractivity contribution >= 4 is 11.9 Å². The Kier molecular flexibility index (Phi) is 6.53. The summed E-state index contributed by atoms with van der Waals surface area (Å²) >= 11 is 0. The molecule has 0 N–H and O–H groups in total. The van der Waals surface area contributed by atoms with Gasteiger partial charge in [-0.05, 0) is 30.7 Å². The summed E-state index contributed by atoms with van der Waals surface area (Å²) in [5, 5.41) is 0. The fraction of sp³-hybridized carbons (Fsp3) is 0.280. The van der Waals surface area contributed by atoms with Gasteiger partial charge in [-0.2, -0.15) is 0 Å². The smallest absolute Gasteiger partial charge is 0.336 e. The number of carbonyl (C=O) groups excluding carboxylic acids is 2. The molecular formula is C25H25NO7. The standard InChI is InChI=1S/C25H25NO7/c1-4-31-20-8-6-5-7-17(20)23-18(24(27)29-2)13-26(14-19(23)25(28)30-3)12-16-9-10-21-22(11-16)33-15-32-21/h5-11,13-14,23H,4,12,15H2,1-3H3. The van der Waals surface area contributed by atoms with Gasteiger partial charge < -0.3 is 28.6 Å². The van der Waals surface area contributed by atoms with E-state index in [9.17, 15) is 9.59 Å². The maximum atomic E-state index is 12.9. The van der Waals surface area contributed by atoms with Gasteiger partial charge in [0.1, 0.15) is 5.75 Å². The van der Waals surface area contributed by atoms with E-state index in [4.69, 9.17) is 23.7 Å². The van der Waals surface area contributed by atoms with E-state index in [-0.39, 0.29) is 6.79 Å². The third-order valence-electron chi connectivity index (χ3n) is 5.41. The Morgan fingerprint density at radius 1 is 0.970 bits per heavy atom. The molecule has 172 valence electrons. The number of carbonyl (C=O) groups is 2. The molecule has 0 amide bonds. The van der Waals surface area contributed by atoms with Gasteiger partial charge in [0.15, 0.2) is 11.5 Å². The van der Waals surface area contributed by atoms with Crippen molar-refractivity contribution in [3.63, 3.8) is 0 Å². The van der Waals surface area contributed by atoms with E-state index < -0.39 is 17.9 Å². The Hall–Kier alpha value is -3.94. The molecule has 0 unspecified atom stereocenters. The van der Waals surface area contributed by atoms with E-state index >= 15 is 0 Å². The maximum absolute atomic E-state index is 12.9. The number of para-hydroxylation sites is 1. The summed E-state index contributed by atoms with van der Waals surface area (Å²) in [7, 11) is 2.62. The molecule has 8 heteroatoms. The van der Waals surface area contributed by atoms with Crippen molar-refractivity contribution in [2.45, 2.75) is 19.4 Å². The van der Waals surface area contributed by atoms with Crippen LogP contribution in [0.4, 0.5) is 0 Å². The molecule has 2 aliphatic rings. The molecule has 0 aliphatic carbocycles. The maximum Gasteiger partial charge on any atom is 0.336 e. The van der Waals surface area contributed by atoms with Crippen LogP contribution in [0, 0.1) is 0 Å². The highest BCUT2D eigenvalue weighted by Gasteiger charge is 2.36. The lowest BCUT2D eigenvalue weighted by atomic mass is 9.82. The lowest BCUT2D eigenvalue weighted by Gasteiger charge is -2.31. The van der Waals surface area contributed by atoms with Crippen LogP contribution in [0.2, 0.25) is 0 Å². The molecule has 0 saturated heterocycles. The summed E-state index contributed by atoms with van der Waals surface area (Å²) in [5.41, 5.74) is 2.19. The second-order valence-electron chi connectivity index (χ2n) is 7.42. The summed E-state index contributed by atoms with van der Waals surface area (Å²) in [6, 6.07) is 12.9. The van der Waals surface area contributed by atoms with Crippen LogP contribution in [0.15, 0.2) is 66.0 Å². The largest absolute Gasteiger partial charge is 0.494 e. The van der Waals surface area contributed by atoms with Crippen LogP contribution >= 0.6 is 0 Å². The van der Waals surface area contributed by atoms with E-state index in [0.29, 0.717) is 47.1 Å². The van der Waals surface area contributed by atoms with Crippen LogP contribution in [0.1, 0.15) is 24.0 Å². The van der Waals surface area contributed by atoms with Gasteiger partial charge in [-0.25, -0.2) is 9.59 Å². The van der Waals surface area contributed by atoms with Crippen molar-refractivity contribution in [1.82, 2.24) is 4.90 Å². The molecule has 2 aromatic carbocycles. The van der Waals surface area contributed by atoms with Gasteiger partial charge in [0.25, 0.3) is 0 Å². The Labute approximate surface area is 191 Å². The van der Waals surface area contributed by atoms with Crippen molar-refractivity contribution in [2.75, 3.05) is 27.6 Å². The number of methoxy groups -OCH3 is 2. The van der Waals surface area contributed by atoms with Crippen LogP contribution in [0.25, 0.3) is 0 Å². The monoisotopic (exact) mass is 451 g/mol. The van der Waals surface area contributed by atoms with Gasteiger partial charge >= 0.3 is 11.9 Å². The third-order valence-corrected chi connectivity index (χ3v) is 5.41. The first-order chi connectivity index (χ1) is 16.0. The van der Waals surface area contributed by atoms with Gasteiger partial charge in [0.05, 0.1) is 37.9 Å². The number of esters is 2. The van der Waals surface area contributed by atoms with Crippen molar-refractivity contribution in [1.29, 1.82) is 0 Å². The van der Waals surface area contributed by atoms with Gasteiger partial charge in [0.2, 0.25) is 6.79 Å². The molecule has 2 aromatic rings. The van der Waals surface area contributed by atoms with Crippen molar-refractivity contribution in [2.24, 2.45) is 0 Å². The van der Waals surface area contributed by atoms with Crippen molar-refractivity contribution in [3.05, 3.63) is 77.1 Å². The minimum absolute atomic E-state index is 0.183. The molecule has 4 rings (SSSR count). The summed E-state index contributed by atoms with van der Waals surface area (Å²) < 4.78 is 26.8. The van der Waals surface area contributed by atoms with E-state index in [2.05, 4.69) is 0 Å². The molecule has 2 aliphatic heterocycles. The van der Waals surface area contributed by atoms with Crippen LogP contribution in [-0.4, -0.2) is 44.5 Å². The summed E-state index contributed by atoms with van der Waals surface area (Å²) in [6.45, 7) is 2.88. The van der Waals surface area contributed by atoms with Gasteiger partial charge in [-0.3, -0.25) is 0 Å². The normalized spacial score (nSPS) is 14.9. The number of hydrogen-bond acceptors (Lipinski definition) is 8. The van der Waals surface area contributed by atoms with Crippen LogP contribution in [0.5, 0.6) is 17.2 Å². The second kappa shape index (κ2) is 9.68. The fourth-order valence-electron chi connectivity index (χ4n) is 3.97. The molecule has 0 radical (unpaired) electrons. The highest BCUT2D eigenvalue weighted by molar-refractivity contribution is 5.98. The molecule has 0 fully saturated rings. The molecule has 0 atom stereocenters. The lowest BCUT2D eigenvalue weighted by Crippen LogP contribution is -2.29. The van der Waals surface area contributed by atoms with Gasteiger partial charge in [-0.15, -0.1) is 0 Å². The SMILES string of the molecule is CCOc1ccccc1C1C(C(=O)OC)=CN(Cc2ccc3c(c2)OCO3)C=C1C(=O)OC. The lowest BCUT2D eigenvalue weighted by molar-refractivity contribution is -0.137. The number of benzene rings is 2. The summed E-state index contributed by atoms with van der Waals surface area (Å²) in [4.78, 5) is 27.5. The fourth-order valence-corrected chi connectivity index (χ4v) is 3.97. The summed E-state index contributed by atoms with van der Waals surface area (Å²) in [5.74, 6) is 0.122. The molecule has 2 heterocycles. The number of nitrogens with zero attached hydrogens (tertiary/aromatic N) is 1. The van der Waals surface area contributed by atoms with Gasteiger partial charge in [-0.1, -0.05) is 24.3 Å². The zero-order valence-electron chi connectivity index (χ0n) is 18.7. The van der Waals surface area contributed by atoms with Crippen molar-refractivity contribution < 1.29 is 33.3 Å². The zero-order chi connectivity index (χ0) is 23.4. The number of rotatable bonds is 7. The average molecular weight is 451 g/mol. The Balaban J connectivity index is 1.76. The summed E-state index contributed by atoms with van der Waals surface area (Å²) in [6.07, 6.45) is 3.38. The first kappa shape index (κ1) is 22.3. The molecule has 33 heavy (non-hydrogen) atoms. The zero-order valence-corrected chi connectivity index (χ0v) is 18.7. The predicted molar refractivity (Wildman–Crippen MR) is 119 cm³/mol. The Bertz CT molecular complexity index is 1090. The molecule has 0 bridgehead atoms. The molecule has 0 aromatic heterocycles. The first-order valence-electron chi connectivity index (χ1n) is 10.5. The van der Waals surface area contributed by atoms with Gasteiger partial charge in [0, 0.05) is 24.5 Å². The third kappa shape index (κ3) is 4.50. The van der Waals surface area contributed by atoms with E-state index in [1.165, 1.54) is 14.2 Å². The molecule has 0 saturated carbocycles. The van der Waals surface area contributed by atoms with Crippen LogP contribution in [0.3, 0.4) is 0 Å². The van der Waals surface area contributed by atoms with E-state index in [0.717, 1.165) is 5.56 Å². The minimum Gasteiger partial charge on any atom is -0.494 e. The minimum atomic E-state index is -0.708. The van der Waals surface area contributed by atoms with E-state index in [1.54, 1.807) is 17.3 Å². The quantitative estimate of drug-likeness (QED) is 0.592. The Morgan fingerprint density at radius 2 is 1.64 bits per heavy atom. The van der Waals surface area contributed by atoms with Crippen LogP contribution in [-0.2, 0) is 25.6 Å². The highest BCUT2D eigenvalue weighted by atomic mass is 16.7. The van der Waals surface area contributed by atoms with E-state index in [1.807, 2.05) is 49.4 Å². The number of hydrogen-bond donors (Lipinski definition) is 0. The highest BCUT2D eigenvalue weighted by Crippen LogP contribution is 2.41. The first-order valence-corrected chi connectivity index (χ1v) is 10.5. The number of fused-ring (bicyclic) bond motifs is 1. The molecule has 0 spiro atoms. The molecule has 8 nitrogen and oxygen atoms in total. The average Bonchev–Trinajstić information content (AvgIpc) is 3.31. The molecular weight excluding hydrogens is 426 g/mol. The Morgan fingerprint density at radius 3 is 2.30 bits per heavy atom. The van der Waals surface area contributed by atoms with Crippen LogP contribution < -0.4 is 14.2 Å².